The third-order valence-corrected chi connectivity index (χ3v) is 12.7. The lowest BCUT2D eigenvalue weighted by Gasteiger charge is -2.16. The average Bonchev–Trinajstić information content (AvgIpc) is 3.33. The normalized spacial score (nSPS) is 12.0. The predicted molar refractivity (Wildman–Crippen MR) is 254 cm³/mol. The number of aromatic nitrogens is 3. The first-order valence-electron chi connectivity index (χ1n) is 20.5. The summed E-state index contributed by atoms with van der Waals surface area (Å²) in [5.41, 5.74) is 9.71. The molecule has 3 aromatic heterocycles. The van der Waals surface area contributed by atoms with Gasteiger partial charge in [0, 0.05) is 44.9 Å². The molecule has 0 unspecified atom stereocenters. The third kappa shape index (κ3) is 4.81. The Morgan fingerprint density at radius 3 is 1.43 bits per heavy atom. The van der Waals surface area contributed by atoms with Gasteiger partial charge in [-0.25, -0.2) is 4.98 Å². The molecule has 10 aromatic carbocycles. The van der Waals surface area contributed by atoms with Crippen molar-refractivity contribution in [3.8, 4) is 33.5 Å². The number of hydrogen-bond acceptors (Lipinski definition) is 3. The number of fused-ring (bicyclic) bond motifs is 17. The third-order valence-electron chi connectivity index (χ3n) is 12.7. The minimum absolute atomic E-state index is 0.929. The Labute approximate surface area is 344 Å². The summed E-state index contributed by atoms with van der Waals surface area (Å²) in [4.78, 5) is 15.0. The number of hydrogen-bond donors (Lipinski definition) is 0. The quantitative estimate of drug-likeness (QED) is 0.168. The lowest BCUT2D eigenvalue weighted by atomic mass is 9.89. The second-order valence-corrected chi connectivity index (χ2v) is 15.9. The Morgan fingerprint density at radius 2 is 0.733 bits per heavy atom. The Kier molecular flexibility index (Phi) is 7.01. The maximum absolute atomic E-state index is 5.51. The molecule has 13 aromatic rings. The number of nitrogens with zero attached hydrogens (tertiary/aromatic N) is 3. The molecule has 0 aliphatic carbocycles. The van der Waals surface area contributed by atoms with Gasteiger partial charge in [0.25, 0.3) is 0 Å². The zero-order chi connectivity index (χ0) is 39.3. The van der Waals surface area contributed by atoms with Crippen molar-refractivity contribution in [3.05, 3.63) is 200 Å². The van der Waals surface area contributed by atoms with Gasteiger partial charge in [-0.15, -0.1) is 0 Å². The smallest absolute Gasteiger partial charge is 0.0970 e. The van der Waals surface area contributed by atoms with Gasteiger partial charge in [-0.3, -0.25) is 9.97 Å². The Balaban J connectivity index is 0.952. The van der Waals surface area contributed by atoms with E-state index in [-0.39, 0.29) is 0 Å². The molecule has 3 nitrogen and oxygen atoms in total. The van der Waals surface area contributed by atoms with E-state index in [0.29, 0.717) is 0 Å². The van der Waals surface area contributed by atoms with E-state index in [4.69, 9.17) is 9.97 Å². The van der Waals surface area contributed by atoms with E-state index in [1.807, 2.05) is 24.5 Å². The van der Waals surface area contributed by atoms with Crippen LogP contribution in [0.25, 0.3) is 131 Å². The van der Waals surface area contributed by atoms with Crippen LogP contribution in [0, 0.1) is 0 Å². The Morgan fingerprint density at radius 1 is 0.267 bits per heavy atom. The van der Waals surface area contributed by atoms with Gasteiger partial charge in [0.1, 0.15) is 0 Å². The van der Waals surface area contributed by atoms with Crippen LogP contribution in [-0.2, 0) is 0 Å². The van der Waals surface area contributed by atoms with E-state index >= 15 is 0 Å². The van der Waals surface area contributed by atoms with Gasteiger partial charge in [-0.05, 0) is 106 Å². The highest BCUT2D eigenvalue weighted by Crippen LogP contribution is 2.43. The molecule has 0 radical (unpaired) electrons. The fraction of sp³-hybridized carbons (Fsp3) is 0. The van der Waals surface area contributed by atoms with Crippen molar-refractivity contribution in [1.29, 1.82) is 0 Å². The largest absolute Gasteiger partial charge is 0.254 e. The molecule has 0 aliphatic rings. The first kappa shape index (κ1) is 33.0. The molecular formula is C57H33N3. The molecule has 0 bridgehead atoms. The first-order chi connectivity index (χ1) is 29.8. The lowest BCUT2D eigenvalue weighted by molar-refractivity contribution is 1.37. The van der Waals surface area contributed by atoms with Crippen LogP contribution in [0.2, 0.25) is 0 Å². The summed E-state index contributed by atoms with van der Waals surface area (Å²) in [6.45, 7) is 0. The molecule has 0 atom stereocenters. The van der Waals surface area contributed by atoms with Crippen LogP contribution in [0.1, 0.15) is 0 Å². The zero-order valence-corrected chi connectivity index (χ0v) is 32.4. The molecule has 3 heterocycles. The van der Waals surface area contributed by atoms with Gasteiger partial charge in [-0.1, -0.05) is 158 Å². The van der Waals surface area contributed by atoms with Crippen molar-refractivity contribution >= 4 is 97.3 Å². The molecule has 0 spiro atoms. The molecule has 60 heavy (non-hydrogen) atoms. The number of benzene rings is 10. The van der Waals surface area contributed by atoms with Crippen LogP contribution in [0.5, 0.6) is 0 Å². The van der Waals surface area contributed by atoms with Gasteiger partial charge in [-0.2, -0.15) is 0 Å². The fourth-order valence-corrected chi connectivity index (χ4v) is 9.95. The van der Waals surface area contributed by atoms with Crippen LogP contribution in [0.4, 0.5) is 0 Å². The zero-order valence-electron chi connectivity index (χ0n) is 32.4. The van der Waals surface area contributed by atoms with Crippen molar-refractivity contribution in [3.63, 3.8) is 0 Å². The number of rotatable bonds is 3. The minimum atomic E-state index is 0.929. The van der Waals surface area contributed by atoms with E-state index in [2.05, 4.69) is 181 Å². The molecular weight excluding hydrogens is 727 g/mol. The standard InChI is InChI=1S/C57H33N3/c1-2-15-42-41(14-1)51-31-36(25-27-43(51)44-28-26-37(32-52(42)44)50-33-38-11-9-29-58-55(38)57-49(50)20-10-30-59-57)34-21-23-35(24-22-34)54-48-19-8-6-17-46(48)53-45-16-5-3-12-39(45)40-13-4-7-18-47(40)56(53)60-54/h1-33H. The molecule has 276 valence electrons. The van der Waals surface area contributed by atoms with E-state index in [9.17, 15) is 0 Å². The summed E-state index contributed by atoms with van der Waals surface area (Å²) in [6, 6.07) is 68.4. The van der Waals surface area contributed by atoms with Gasteiger partial charge in [0.15, 0.2) is 0 Å². The van der Waals surface area contributed by atoms with Gasteiger partial charge < -0.3 is 0 Å². The molecule has 0 saturated carbocycles. The van der Waals surface area contributed by atoms with Crippen LogP contribution < -0.4 is 0 Å². The maximum Gasteiger partial charge on any atom is 0.0970 e. The van der Waals surface area contributed by atoms with Crippen molar-refractivity contribution in [2.75, 3.05) is 0 Å². The molecule has 0 amide bonds. The second-order valence-electron chi connectivity index (χ2n) is 15.9. The molecule has 0 saturated heterocycles. The first-order valence-corrected chi connectivity index (χ1v) is 20.5. The van der Waals surface area contributed by atoms with Crippen LogP contribution >= 0.6 is 0 Å². The van der Waals surface area contributed by atoms with Crippen molar-refractivity contribution in [1.82, 2.24) is 15.0 Å². The second kappa shape index (κ2) is 12.7. The molecule has 0 N–H and O–H groups in total. The molecule has 13 rings (SSSR count). The van der Waals surface area contributed by atoms with E-state index in [1.54, 1.807) is 0 Å². The van der Waals surface area contributed by atoms with Crippen LogP contribution in [0.3, 0.4) is 0 Å². The molecule has 0 aliphatic heterocycles. The summed E-state index contributed by atoms with van der Waals surface area (Å²) in [7, 11) is 0. The predicted octanol–water partition coefficient (Wildman–Crippen LogP) is 15.3. The van der Waals surface area contributed by atoms with Gasteiger partial charge in [0.2, 0.25) is 0 Å². The highest BCUT2D eigenvalue weighted by molar-refractivity contribution is 6.31. The van der Waals surface area contributed by atoms with E-state index in [0.717, 1.165) is 49.5 Å². The topological polar surface area (TPSA) is 38.7 Å². The monoisotopic (exact) mass is 759 g/mol. The summed E-state index contributed by atoms with van der Waals surface area (Å²) < 4.78 is 0. The van der Waals surface area contributed by atoms with Crippen molar-refractivity contribution in [2.45, 2.75) is 0 Å². The summed E-state index contributed by atoms with van der Waals surface area (Å²) in [6.07, 6.45) is 3.70. The minimum Gasteiger partial charge on any atom is -0.254 e. The lowest BCUT2D eigenvalue weighted by Crippen LogP contribution is -1.93. The maximum atomic E-state index is 5.51. The Bertz CT molecular complexity index is 3920. The van der Waals surface area contributed by atoms with E-state index < -0.39 is 0 Å². The molecule has 0 fully saturated rings. The Hall–Kier alpha value is -8.01. The fourth-order valence-electron chi connectivity index (χ4n) is 9.95. The van der Waals surface area contributed by atoms with Crippen LogP contribution in [-0.4, -0.2) is 15.0 Å². The summed E-state index contributed by atoms with van der Waals surface area (Å²) >= 11 is 0. The van der Waals surface area contributed by atoms with Crippen molar-refractivity contribution < 1.29 is 0 Å². The molecule has 3 heteroatoms. The van der Waals surface area contributed by atoms with Gasteiger partial charge >= 0.3 is 0 Å². The summed E-state index contributed by atoms with van der Waals surface area (Å²) in [5.74, 6) is 0. The highest BCUT2D eigenvalue weighted by atomic mass is 14.7. The summed E-state index contributed by atoms with van der Waals surface area (Å²) in [5, 5.41) is 18.2. The highest BCUT2D eigenvalue weighted by Gasteiger charge is 2.18. The SMILES string of the molecule is c1cnc2c(c1)cc(-c1ccc3c4ccc(-c5ccc(-c6nc7c8ccccc8c8ccccc8c7c7ccccc67)cc5)cc4c4ccccc4c3c1)c1cccnc12. The average molecular weight is 760 g/mol. The van der Waals surface area contributed by atoms with E-state index in [1.165, 1.54) is 81.3 Å². The van der Waals surface area contributed by atoms with Gasteiger partial charge in [0.05, 0.1) is 22.2 Å². The van der Waals surface area contributed by atoms with Crippen molar-refractivity contribution in [2.24, 2.45) is 0 Å². The number of pyridine rings is 3. The van der Waals surface area contributed by atoms with Crippen LogP contribution in [0.15, 0.2) is 200 Å².